The summed E-state index contributed by atoms with van der Waals surface area (Å²) >= 11 is 7.31. The molecule has 0 atom stereocenters. The van der Waals surface area contributed by atoms with E-state index in [1.165, 1.54) is 9.87 Å². The van der Waals surface area contributed by atoms with E-state index >= 15 is 0 Å². The highest BCUT2D eigenvalue weighted by atomic mass is 35.5. The Balaban J connectivity index is 1.49. The lowest BCUT2D eigenvalue weighted by molar-refractivity contribution is 0.391. The number of sulfonamides is 1. The van der Waals surface area contributed by atoms with Crippen molar-refractivity contribution in [2.75, 3.05) is 6.54 Å². The molecule has 8 heteroatoms. The first-order valence-corrected chi connectivity index (χ1v) is 12.5. The molecule has 0 saturated heterocycles. The van der Waals surface area contributed by atoms with Gasteiger partial charge >= 0.3 is 4.87 Å². The van der Waals surface area contributed by atoms with Crippen LogP contribution in [0.15, 0.2) is 76.4 Å². The molecule has 5 rings (SSSR count). The molecule has 0 spiro atoms. The summed E-state index contributed by atoms with van der Waals surface area (Å²) < 4.78 is 30.4. The van der Waals surface area contributed by atoms with Gasteiger partial charge in [-0.05, 0) is 47.4 Å². The molecule has 0 fully saturated rings. The van der Waals surface area contributed by atoms with Crippen molar-refractivity contribution < 1.29 is 8.42 Å². The summed E-state index contributed by atoms with van der Waals surface area (Å²) in [6.45, 7) is 1.15. The van der Waals surface area contributed by atoms with Crippen LogP contribution in [0.4, 0.5) is 0 Å². The lowest BCUT2D eigenvalue weighted by atomic mass is 10.0. The molecule has 5 nitrogen and oxygen atoms in total. The van der Waals surface area contributed by atoms with Crippen molar-refractivity contribution >= 4 is 43.2 Å². The normalized spacial score (nSPS) is 14.6. The zero-order chi connectivity index (χ0) is 21.6. The number of benzene rings is 3. The molecule has 1 aliphatic rings. The number of hydrogen-bond donors (Lipinski definition) is 0. The first kappa shape index (κ1) is 20.5. The Morgan fingerprint density at radius 1 is 0.968 bits per heavy atom. The van der Waals surface area contributed by atoms with Crippen LogP contribution in [0.5, 0.6) is 0 Å². The van der Waals surface area contributed by atoms with E-state index in [0.717, 1.165) is 22.5 Å². The molecule has 4 aromatic rings. The number of hydrogen-bond acceptors (Lipinski definition) is 4. The van der Waals surface area contributed by atoms with Gasteiger partial charge in [0.05, 0.1) is 21.7 Å². The van der Waals surface area contributed by atoms with Crippen LogP contribution in [0.25, 0.3) is 10.2 Å². The number of thiazole rings is 1. The molecule has 0 amide bonds. The van der Waals surface area contributed by atoms with Gasteiger partial charge in [-0.25, -0.2) is 8.42 Å². The first-order chi connectivity index (χ1) is 14.9. The Labute approximate surface area is 189 Å². The third-order valence-corrected chi connectivity index (χ3v) is 8.81. The van der Waals surface area contributed by atoms with Crippen LogP contribution in [-0.4, -0.2) is 23.8 Å². The summed E-state index contributed by atoms with van der Waals surface area (Å²) in [5.74, 6) is 0. The number of nitrogens with zero attached hydrogens (tertiary/aromatic N) is 2. The second-order valence-corrected chi connectivity index (χ2v) is 10.9. The molecule has 0 unspecified atom stereocenters. The van der Waals surface area contributed by atoms with Gasteiger partial charge in [0.15, 0.2) is 0 Å². The minimum atomic E-state index is -3.66. The Morgan fingerprint density at radius 2 is 1.71 bits per heavy atom. The van der Waals surface area contributed by atoms with Crippen molar-refractivity contribution in [3.05, 3.63) is 98.1 Å². The molecule has 158 valence electrons. The fourth-order valence-electron chi connectivity index (χ4n) is 3.98. The predicted molar refractivity (Wildman–Crippen MR) is 124 cm³/mol. The van der Waals surface area contributed by atoms with Crippen LogP contribution in [0.2, 0.25) is 5.02 Å². The van der Waals surface area contributed by atoms with E-state index in [2.05, 4.69) is 0 Å². The minimum absolute atomic E-state index is 0.142. The predicted octanol–water partition coefficient (Wildman–Crippen LogP) is 4.51. The second kappa shape index (κ2) is 7.91. The summed E-state index contributed by atoms with van der Waals surface area (Å²) in [5, 5.41) is 0.596. The maximum Gasteiger partial charge on any atom is 0.308 e. The number of aromatic nitrogens is 1. The highest BCUT2D eigenvalue weighted by molar-refractivity contribution is 7.89. The highest BCUT2D eigenvalue weighted by Crippen LogP contribution is 2.28. The summed E-state index contributed by atoms with van der Waals surface area (Å²) in [6.07, 6.45) is 0.694. The summed E-state index contributed by atoms with van der Waals surface area (Å²) in [6, 6.07) is 20.2. The molecule has 2 heterocycles. The van der Waals surface area contributed by atoms with Crippen molar-refractivity contribution in [3.63, 3.8) is 0 Å². The fourth-order valence-corrected chi connectivity index (χ4v) is 6.62. The maximum absolute atomic E-state index is 13.3. The lowest BCUT2D eigenvalue weighted by Gasteiger charge is -2.28. The van der Waals surface area contributed by atoms with E-state index in [4.69, 9.17) is 11.6 Å². The molecule has 0 saturated carbocycles. The molecule has 1 aliphatic heterocycles. The van der Waals surface area contributed by atoms with Crippen molar-refractivity contribution in [1.82, 2.24) is 8.87 Å². The van der Waals surface area contributed by atoms with E-state index in [0.29, 0.717) is 41.3 Å². The van der Waals surface area contributed by atoms with Gasteiger partial charge in [-0.3, -0.25) is 9.36 Å². The van der Waals surface area contributed by atoms with Crippen molar-refractivity contribution in [1.29, 1.82) is 0 Å². The van der Waals surface area contributed by atoms with Gasteiger partial charge in [0.1, 0.15) is 0 Å². The second-order valence-electron chi connectivity index (χ2n) is 7.53. The highest BCUT2D eigenvalue weighted by Gasteiger charge is 2.28. The van der Waals surface area contributed by atoms with Crippen LogP contribution in [0, 0.1) is 0 Å². The van der Waals surface area contributed by atoms with Gasteiger partial charge in [-0.1, -0.05) is 65.4 Å². The van der Waals surface area contributed by atoms with Gasteiger partial charge in [-0.2, -0.15) is 4.31 Å². The molecule has 0 aliphatic carbocycles. The van der Waals surface area contributed by atoms with Gasteiger partial charge in [0.2, 0.25) is 10.0 Å². The van der Waals surface area contributed by atoms with E-state index in [-0.39, 0.29) is 9.77 Å². The Hall–Kier alpha value is -2.45. The third kappa shape index (κ3) is 3.72. The zero-order valence-corrected chi connectivity index (χ0v) is 18.9. The van der Waals surface area contributed by atoms with E-state index < -0.39 is 10.0 Å². The lowest BCUT2D eigenvalue weighted by Crippen LogP contribution is -2.35. The minimum Gasteiger partial charge on any atom is -0.294 e. The standard InChI is InChI=1S/C23H19ClN2O3S2/c24-20-8-4-3-7-18(20)15-26-21-10-9-19(13-22(21)30-23(26)27)31(28,29)25-12-11-16-5-1-2-6-17(16)14-25/h1-10,13H,11-12,14-15H2. The summed E-state index contributed by atoms with van der Waals surface area (Å²) in [5.41, 5.74) is 3.78. The van der Waals surface area contributed by atoms with Gasteiger partial charge < -0.3 is 0 Å². The first-order valence-electron chi connectivity index (χ1n) is 9.87. The average Bonchev–Trinajstić information content (AvgIpc) is 3.09. The number of rotatable bonds is 4. The summed E-state index contributed by atoms with van der Waals surface area (Å²) in [4.78, 5) is 12.7. The SMILES string of the molecule is O=c1sc2cc(S(=O)(=O)N3CCc4ccccc4C3)ccc2n1Cc1ccccc1Cl. The smallest absolute Gasteiger partial charge is 0.294 e. The fraction of sp³-hybridized carbons (Fsp3) is 0.174. The molecular weight excluding hydrogens is 452 g/mol. The van der Waals surface area contributed by atoms with Gasteiger partial charge in [-0.15, -0.1) is 0 Å². The number of halogens is 1. The molecule has 1 aromatic heterocycles. The average molecular weight is 471 g/mol. The molecule has 0 bridgehead atoms. The van der Waals surface area contributed by atoms with E-state index in [1.807, 2.05) is 42.5 Å². The maximum atomic E-state index is 13.3. The molecule has 3 aromatic carbocycles. The molecular formula is C23H19ClN2O3S2. The molecule has 0 radical (unpaired) electrons. The third-order valence-electron chi connectivity index (χ3n) is 5.66. The van der Waals surface area contributed by atoms with Crippen LogP contribution < -0.4 is 4.87 Å². The zero-order valence-electron chi connectivity index (χ0n) is 16.5. The van der Waals surface area contributed by atoms with Crippen molar-refractivity contribution in [3.8, 4) is 0 Å². The van der Waals surface area contributed by atoms with Crippen LogP contribution in [0.3, 0.4) is 0 Å². The molecule has 31 heavy (non-hydrogen) atoms. The Kier molecular flexibility index (Phi) is 5.22. The van der Waals surface area contributed by atoms with Crippen LogP contribution in [-0.2, 0) is 29.5 Å². The van der Waals surface area contributed by atoms with E-state index in [9.17, 15) is 13.2 Å². The Morgan fingerprint density at radius 3 is 2.52 bits per heavy atom. The van der Waals surface area contributed by atoms with Gasteiger partial charge in [0.25, 0.3) is 0 Å². The monoisotopic (exact) mass is 470 g/mol. The summed E-state index contributed by atoms with van der Waals surface area (Å²) in [7, 11) is -3.66. The van der Waals surface area contributed by atoms with Crippen LogP contribution in [0.1, 0.15) is 16.7 Å². The Bertz CT molecular complexity index is 1460. The van der Waals surface area contributed by atoms with Crippen LogP contribution >= 0.6 is 22.9 Å². The van der Waals surface area contributed by atoms with Crippen molar-refractivity contribution in [2.24, 2.45) is 0 Å². The van der Waals surface area contributed by atoms with E-state index in [1.54, 1.807) is 28.8 Å². The topological polar surface area (TPSA) is 59.4 Å². The quantitative estimate of drug-likeness (QED) is 0.441. The van der Waals surface area contributed by atoms with Gasteiger partial charge in [0, 0.05) is 18.1 Å². The number of fused-ring (bicyclic) bond motifs is 2. The van der Waals surface area contributed by atoms with Crippen molar-refractivity contribution in [2.45, 2.75) is 24.4 Å². The molecule has 0 N–H and O–H groups in total. The largest absolute Gasteiger partial charge is 0.308 e.